The molecule has 1 aromatic heterocycles. The van der Waals surface area contributed by atoms with Gasteiger partial charge in [-0.1, -0.05) is 30.3 Å². The van der Waals surface area contributed by atoms with Gasteiger partial charge in [0.25, 0.3) is 0 Å². The van der Waals surface area contributed by atoms with Crippen molar-refractivity contribution in [3.63, 3.8) is 0 Å². The van der Waals surface area contributed by atoms with Crippen molar-refractivity contribution in [3.05, 3.63) is 42.2 Å². The Morgan fingerprint density at radius 3 is 2.69 bits per heavy atom. The van der Waals surface area contributed by atoms with Crippen molar-refractivity contribution in [2.45, 2.75) is 12.5 Å². The van der Waals surface area contributed by atoms with Crippen LogP contribution in [0.3, 0.4) is 0 Å². The van der Waals surface area contributed by atoms with Crippen molar-refractivity contribution >= 4 is 5.97 Å². The molecule has 0 bridgehead atoms. The first-order valence-corrected chi connectivity index (χ1v) is 4.76. The van der Waals surface area contributed by atoms with Crippen LogP contribution < -0.4 is 0 Å². The highest BCUT2D eigenvalue weighted by Crippen LogP contribution is 2.12. The smallest absolute Gasteiger partial charge is 0.328 e. The lowest BCUT2D eigenvalue weighted by atomic mass is 10.1. The number of rotatable bonds is 4. The number of hydrogen-bond acceptors (Lipinski definition) is 4. The second-order valence-corrected chi connectivity index (χ2v) is 3.33. The Morgan fingerprint density at radius 1 is 1.38 bits per heavy atom. The van der Waals surface area contributed by atoms with Crippen LogP contribution in [0.15, 0.2) is 36.7 Å². The summed E-state index contributed by atoms with van der Waals surface area (Å²) in [5.41, 5.74) is 0.936. The third-order valence-electron chi connectivity index (χ3n) is 2.24. The van der Waals surface area contributed by atoms with Crippen molar-refractivity contribution < 1.29 is 9.90 Å². The number of aliphatic carboxylic acids is 1. The molecule has 2 aromatic rings. The average Bonchev–Trinajstić information content (AvgIpc) is 2.80. The quantitative estimate of drug-likeness (QED) is 0.810. The van der Waals surface area contributed by atoms with Crippen molar-refractivity contribution in [1.29, 1.82) is 0 Å². The zero-order valence-corrected chi connectivity index (χ0v) is 8.39. The largest absolute Gasteiger partial charge is 0.480 e. The molecule has 0 aliphatic heterocycles. The maximum atomic E-state index is 11.1. The lowest BCUT2D eigenvalue weighted by molar-refractivity contribution is -0.141. The van der Waals surface area contributed by atoms with Crippen molar-refractivity contribution in [2.24, 2.45) is 0 Å². The van der Waals surface area contributed by atoms with E-state index in [1.807, 2.05) is 30.3 Å². The number of tetrazole rings is 1. The van der Waals surface area contributed by atoms with Crippen LogP contribution in [0.4, 0.5) is 0 Å². The molecule has 0 fully saturated rings. The molecule has 82 valence electrons. The highest BCUT2D eigenvalue weighted by atomic mass is 16.4. The lowest BCUT2D eigenvalue weighted by Crippen LogP contribution is -2.22. The zero-order chi connectivity index (χ0) is 11.4. The minimum Gasteiger partial charge on any atom is -0.480 e. The van der Waals surface area contributed by atoms with E-state index in [1.54, 1.807) is 0 Å². The third-order valence-corrected chi connectivity index (χ3v) is 2.24. The predicted octanol–water partition coefficient (Wildman–Crippen LogP) is 0.541. The second-order valence-electron chi connectivity index (χ2n) is 3.33. The van der Waals surface area contributed by atoms with Crippen LogP contribution in [-0.2, 0) is 11.2 Å². The molecular weight excluding hydrogens is 208 g/mol. The fourth-order valence-electron chi connectivity index (χ4n) is 1.44. The summed E-state index contributed by atoms with van der Waals surface area (Å²) in [7, 11) is 0. The molecule has 0 spiro atoms. The van der Waals surface area contributed by atoms with E-state index >= 15 is 0 Å². The van der Waals surface area contributed by atoms with E-state index in [2.05, 4.69) is 15.5 Å². The number of nitrogens with zero attached hydrogens (tertiary/aromatic N) is 4. The molecule has 6 nitrogen and oxygen atoms in total. The molecule has 2 rings (SSSR count). The van der Waals surface area contributed by atoms with Gasteiger partial charge in [-0.25, -0.2) is 9.48 Å². The molecule has 16 heavy (non-hydrogen) atoms. The number of aromatic nitrogens is 4. The molecule has 0 aliphatic rings. The summed E-state index contributed by atoms with van der Waals surface area (Å²) < 4.78 is 1.25. The Kier molecular flexibility index (Phi) is 2.90. The van der Waals surface area contributed by atoms with Gasteiger partial charge in [-0.05, 0) is 16.0 Å². The van der Waals surface area contributed by atoms with Crippen molar-refractivity contribution in [3.8, 4) is 0 Å². The van der Waals surface area contributed by atoms with E-state index in [4.69, 9.17) is 5.11 Å². The van der Waals surface area contributed by atoms with Gasteiger partial charge < -0.3 is 5.11 Å². The van der Waals surface area contributed by atoms with Crippen LogP contribution in [0.1, 0.15) is 11.6 Å². The van der Waals surface area contributed by atoms with Crippen LogP contribution in [0.5, 0.6) is 0 Å². The Morgan fingerprint density at radius 2 is 2.12 bits per heavy atom. The van der Waals surface area contributed by atoms with Gasteiger partial charge >= 0.3 is 5.97 Å². The minimum absolute atomic E-state index is 0.362. The Balaban J connectivity index is 2.19. The molecule has 0 amide bonds. The molecule has 1 heterocycles. The van der Waals surface area contributed by atoms with Gasteiger partial charge in [0.2, 0.25) is 0 Å². The molecule has 6 heteroatoms. The maximum Gasteiger partial charge on any atom is 0.328 e. The van der Waals surface area contributed by atoms with Crippen molar-refractivity contribution in [2.75, 3.05) is 0 Å². The minimum atomic E-state index is -0.948. The molecular formula is C10H10N4O2. The summed E-state index contributed by atoms with van der Waals surface area (Å²) in [5, 5.41) is 19.6. The number of carboxylic acid groups (broad SMARTS) is 1. The third kappa shape index (κ3) is 2.22. The average molecular weight is 218 g/mol. The zero-order valence-electron chi connectivity index (χ0n) is 8.39. The van der Waals surface area contributed by atoms with Crippen LogP contribution in [-0.4, -0.2) is 31.3 Å². The van der Waals surface area contributed by atoms with Crippen LogP contribution in [0.2, 0.25) is 0 Å². The molecule has 1 aromatic carbocycles. The van der Waals surface area contributed by atoms with E-state index < -0.39 is 12.0 Å². The summed E-state index contributed by atoms with van der Waals surface area (Å²) in [6.45, 7) is 0. The van der Waals surface area contributed by atoms with Crippen molar-refractivity contribution in [1.82, 2.24) is 20.2 Å². The number of carboxylic acids is 1. The fourth-order valence-corrected chi connectivity index (χ4v) is 1.44. The highest BCUT2D eigenvalue weighted by molar-refractivity contribution is 5.72. The molecule has 0 saturated heterocycles. The lowest BCUT2D eigenvalue weighted by Gasteiger charge is -2.10. The second kappa shape index (κ2) is 4.52. The number of hydrogen-bond donors (Lipinski definition) is 1. The topological polar surface area (TPSA) is 80.9 Å². The van der Waals surface area contributed by atoms with E-state index in [-0.39, 0.29) is 0 Å². The van der Waals surface area contributed by atoms with Gasteiger partial charge in [0.1, 0.15) is 6.33 Å². The molecule has 0 saturated carbocycles. The first-order valence-electron chi connectivity index (χ1n) is 4.76. The Bertz CT molecular complexity index is 455. The summed E-state index contributed by atoms with van der Waals surface area (Å²) in [5.74, 6) is -0.948. The summed E-state index contributed by atoms with van der Waals surface area (Å²) in [4.78, 5) is 11.1. The molecule has 1 atom stereocenters. The SMILES string of the molecule is O=C(O)[C@@H](Cc1ccccc1)n1cnnn1. The van der Waals surface area contributed by atoms with Gasteiger partial charge in [0.15, 0.2) is 6.04 Å². The predicted molar refractivity (Wildman–Crippen MR) is 54.6 cm³/mol. The van der Waals surface area contributed by atoms with Gasteiger partial charge in [-0.15, -0.1) is 5.10 Å². The molecule has 0 unspecified atom stereocenters. The Labute approximate surface area is 91.5 Å². The normalized spacial score (nSPS) is 12.2. The highest BCUT2D eigenvalue weighted by Gasteiger charge is 2.20. The molecule has 0 aliphatic carbocycles. The van der Waals surface area contributed by atoms with Crippen LogP contribution in [0.25, 0.3) is 0 Å². The number of carbonyl (C=O) groups is 1. The first kappa shape index (κ1) is 10.3. The Hall–Kier alpha value is -2.24. The molecule has 0 radical (unpaired) electrons. The summed E-state index contributed by atoms with van der Waals surface area (Å²) in [6.07, 6.45) is 1.67. The van der Waals surface area contributed by atoms with Gasteiger partial charge in [0.05, 0.1) is 0 Å². The van der Waals surface area contributed by atoms with E-state index in [0.29, 0.717) is 6.42 Å². The standard InChI is InChI=1S/C10H10N4O2/c15-10(16)9(14-7-11-12-13-14)6-8-4-2-1-3-5-8/h1-5,7,9H,6H2,(H,15,16)/t9-/m1/s1. The molecule has 1 N–H and O–H groups in total. The van der Waals surface area contributed by atoms with Crippen LogP contribution >= 0.6 is 0 Å². The van der Waals surface area contributed by atoms with E-state index in [0.717, 1.165) is 5.56 Å². The fraction of sp³-hybridized carbons (Fsp3) is 0.200. The van der Waals surface area contributed by atoms with Gasteiger partial charge in [-0.2, -0.15) is 0 Å². The van der Waals surface area contributed by atoms with E-state index in [9.17, 15) is 4.79 Å². The van der Waals surface area contributed by atoms with Crippen LogP contribution in [0, 0.1) is 0 Å². The van der Waals surface area contributed by atoms with Gasteiger partial charge in [-0.3, -0.25) is 0 Å². The summed E-state index contributed by atoms with van der Waals surface area (Å²) in [6, 6.07) is 8.61. The summed E-state index contributed by atoms with van der Waals surface area (Å²) >= 11 is 0. The van der Waals surface area contributed by atoms with E-state index in [1.165, 1.54) is 11.0 Å². The maximum absolute atomic E-state index is 11.1. The monoisotopic (exact) mass is 218 g/mol. The number of benzene rings is 1. The first-order chi connectivity index (χ1) is 7.77. The van der Waals surface area contributed by atoms with Gasteiger partial charge in [0, 0.05) is 6.42 Å².